The summed E-state index contributed by atoms with van der Waals surface area (Å²) in [6.07, 6.45) is 3.44. The lowest BCUT2D eigenvalue weighted by Crippen LogP contribution is -2.32. The highest BCUT2D eigenvalue weighted by molar-refractivity contribution is 7.17. The number of pyridine rings is 1. The van der Waals surface area contributed by atoms with Crippen LogP contribution in [0.2, 0.25) is 0 Å². The summed E-state index contributed by atoms with van der Waals surface area (Å²) < 4.78 is 0.931. The van der Waals surface area contributed by atoms with Crippen molar-refractivity contribution >= 4 is 21.6 Å². The van der Waals surface area contributed by atoms with Gasteiger partial charge >= 0.3 is 0 Å². The molecule has 4 N–H and O–H groups in total. The van der Waals surface area contributed by atoms with Gasteiger partial charge in [-0.05, 0) is 31.2 Å². The highest BCUT2D eigenvalue weighted by Gasteiger charge is 2.21. The van der Waals surface area contributed by atoms with Gasteiger partial charge in [0.1, 0.15) is 5.52 Å². The smallest absolute Gasteiger partial charge is 0.160 e. The molecule has 138 valence electrons. The van der Waals surface area contributed by atoms with Crippen molar-refractivity contribution in [3.8, 4) is 23.2 Å². The second kappa shape index (κ2) is 7.87. The minimum absolute atomic E-state index is 0.232. The topological polar surface area (TPSA) is 90.7 Å². The fourth-order valence-corrected chi connectivity index (χ4v) is 3.77. The predicted molar refractivity (Wildman–Crippen MR) is 114 cm³/mol. The third-order valence-electron chi connectivity index (χ3n) is 4.38. The maximum Gasteiger partial charge on any atom is 0.160 e. The van der Waals surface area contributed by atoms with Crippen LogP contribution in [0.15, 0.2) is 60.2 Å². The van der Waals surface area contributed by atoms with Gasteiger partial charge in [0.05, 0.1) is 22.0 Å². The summed E-state index contributed by atoms with van der Waals surface area (Å²) in [7, 11) is 0. The normalized spacial score (nSPS) is 13.0. The number of nitrogens with two attached hydrogens (primary N) is 2. The molecule has 3 aromatic heterocycles. The number of nitrogens with zero attached hydrogens (tertiary/aromatic N) is 3. The number of fused-ring (bicyclic) bond motifs is 1. The summed E-state index contributed by atoms with van der Waals surface area (Å²) in [5.41, 5.74) is 16.7. The molecule has 5 nitrogen and oxygen atoms in total. The first kappa shape index (κ1) is 18.3. The maximum absolute atomic E-state index is 6.37. The zero-order valence-corrected chi connectivity index (χ0v) is 16.1. The predicted octanol–water partition coefficient (Wildman–Crippen LogP) is 3.50. The number of aromatic nitrogens is 3. The Labute approximate surface area is 167 Å². The second-order valence-corrected chi connectivity index (χ2v) is 7.38. The average Bonchev–Trinajstić information content (AvgIpc) is 3.15. The van der Waals surface area contributed by atoms with Gasteiger partial charge in [0.15, 0.2) is 5.82 Å². The molecule has 4 rings (SSSR count). The summed E-state index contributed by atoms with van der Waals surface area (Å²) in [5, 5.41) is 2.00. The number of benzene rings is 1. The van der Waals surface area contributed by atoms with Crippen LogP contribution < -0.4 is 11.5 Å². The Morgan fingerprint density at radius 2 is 1.71 bits per heavy atom. The summed E-state index contributed by atoms with van der Waals surface area (Å²) in [5.74, 6) is 7.04. The summed E-state index contributed by atoms with van der Waals surface area (Å²) in [6.45, 7) is 1.88. The Morgan fingerprint density at radius 3 is 2.43 bits per heavy atom. The van der Waals surface area contributed by atoms with Gasteiger partial charge in [-0.25, -0.2) is 9.97 Å². The molecule has 0 amide bonds. The van der Waals surface area contributed by atoms with E-state index in [1.807, 2.05) is 54.8 Å². The minimum atomic E-state index is -0.389. The second-order valence-electron chi connectivity index (χ2n) is 6.50. The van der Waals surface area contributed by atoms with Gasteiger partial charge in [0, 0.05) is 34.9 Å². The Hall–Kier alpha value is -3.11. The average molecular weight is 385 g/mol. The lowest BCUT2D eigenvalue weighted by Gasteiger charge is -2.16. The van der Waals surface area contributed by atoms with E-state index in [0.717, 1.165) is 32.6 Å². The van der Waals surface area contributed by atoms with Crippen molar-refractivity contribution in [3.05, 3.63) is 77.1 Å². The molecule has 2 unspecified atom stereocenters. The van der Waals surface area contributed by atoms with Crippen LogP contribution in [0, 0.1) is 11.8 Å². The molecule has 6 heteroatoms. The molecule has 0 saturated heterocycles. The fraction of sp³-hybridized carbons (Fsp3) is 0.136. The van der Waals surface area contributed by atoms with E-state index in [2.05, 4.69) is 16.8 Å². The fourth-order valence-electron chi connectivity index (χ4n) is 2.79. The zero-order valence-electron chi connectivity index (χ0n) is 15.3. The molecule has 0 bridgehead atoms. The molecule has 0 aliphatic rings. The van der Waals surface area contributed by atoms with Crippen molar-refractivity contribution in [2.24, 2.45) is 11.5 Å². The third-order valence-corrected chi connectivity index (χ3v) is 5.37. The van der Waals surface area contributed by atoms with Gasteiger partial charge in [-0.1, -0.05) is 30.0 Å². The van der Waals surface area contributed by atoms with Gasteiger partial charge in [-0.3, -0.25) is 4.98 Å². The zero-order chi connectivity index (χ0) is 19.5. The molecular formula is C22H19N5S. The van der Waals surface area contributed by atoms with Gasteiger partial charge in [0.2, 0.25) is 0 Å². The van der Waals surface area contributed by atoms with Gasteiger partial charge in [-0.2, -0.15) is 0 Å². The van der Waals surface area contributed by atoms with Crippen molar-refractivity contribution in [2.75, 3.05) is 0 Å². The van der Waals surface area contributed by atoms with Gasteiger partial charge in [-0.15, -0.1) is 11.3 Å². The van der Waals surface area contributed by atoms with Crippen molar-refractivity contribution in [1.29, 1.82) is 0 Å². The molecule has 4 aromatic rings. The molecular weight excluding hydrogens is 366 g/mol. The van der Waals surface area contributed by atoms with Crippen LogP contribution in [0.25, 0.3) is 21.6 Å². The third kappa shape index (κ3) is 3.64. The number of thiophene rings is 1. The quantitative estimate of drug-likeness (QED) is 0.527. The molecule has 0 saturated carbocycles. The van der Waals surface area contributed by atoms with Crippen molar-refractivity contribution in [1.82, 2.24) is 15.0 Å². The van der Waals surface area contributed by atoms with E-state index in [1.165, 1.54) is 0 Å². The Kier molecular flexibility index (Phi) is 5.13. The van der Waals surface area contributed by atoms with Gasteiger partial charge < -0.3 is 11.5 Å². The van der Waals surface area contributed by atoms with Crippen molar-refractivity contribution in [2.45, 2.75) is 19.0 Å². The molecule has 2 atom stereocenters. The highest BCUT2D eigenvalue weighted by atomic mass is 32.1. The molecule has 3 heterocycles. The van der Waals surface area contributed by atoms with E-state index < -0.39 is 0 Å². The van der Waals surface area contributed by atoms with Crippen LogP contribution in [0.1, 0.15) is 29.8 Å². The molecule has 0 aliphatic carbocycles. The van der Waals surface area contributed by atoms with Crippen LogP contribution in [0.5, 0.6) is 0 Å². The SMILES string of the molecule is CC(N)C(N)c1nc(-c2ccncc2)nc2c(C#Cc3ccccc3)csc12. The summed E-state index contributed by atoms with van der Waals surface area (Å²) in [6, 6.07) is 13.0. The molecule has 1 aromatic carbocycles. The molecule has 0 radical (unpaired) electrons. The summed E-state index contributed by atoms with van der Waals surface area (Å²) in [4.78, 5) is 13.6. The molecule has 28 heavy (non-hydrogen) atoms. The molecule has 0 fully saturated rings. The van der Waals surface area contributed by atoms with Crippen LogP contribution >= 0.6 is 11.3 Å². The lowest BCUT2D eigenvalue weighted by molar-refractivity contribution is 0.579. The van der Waals surface area contributed by atoms with Crippen LogP contribution in [0.3, 0.4) is 0 Å². The largest absolute Gasteiger partial charge is 0.326 e. The number of hydrogen-bond acceptors (Lipinski definition) is 6. The Bertz CT molecular complexity index is 1160. The van der Waals surface area contributed by atoms with E-state index in [0.29, 0.717) is 5.82 Å². The van der Waals surface area contributed by atoms with E-state index in [1.54, 1.807) is 23.7 Å². The molecule has 0 spiro atoms. The number of hydrogen-bond donors (Lipinski definition) is 2. The van der Waals surface area contributed by atoms with Crippen molar-refractivity contribution < 1.29 is 0 Å². The van der Waals surface area contributed by atoms with E-state index in [-0.39, 0.29) is 12.1 Å². The maximum atomic E-state index is 6.37. The van der Waals surface area contributed by atoms with E-state index in [9.17, 15) is 0 Å². The first-order valence-electron chi connectivity index (χ1n) is 8.91. The Balaban J connectivity index is 1.89. The summed E-state index contributed by atoms with van der Waals surface area (Å²) >= 11 is 1.55. The monoisotopic (exact) mass is 385 g/mol. The first-order valence-corrected chi connectivity index (χ1v) is 9.79. The van der Waals surface area contributed by atoms with Crippen molar-refractivity contribution in [3.63, 3.8) is 0 Å². The highest BCUT2D eigenvalue weighted by Crippen LogP contribution is 2.32. The van der Waals surface area contributed by atoms with E-state index in [4.69, 9.17) is 21.4 Å². The molecule has 0 aliphatic heterocycles. The Morgan fingerprint density at radius 1 is 0.964 bits per heavy atom. The van der Waals surface area contributed by atoms with Crippen LogP contribution in [-0.2, 0) is 0 Å². The van der Waals surface area contributed by atoms with Crippen LogP contribution in [-0.4, -0.2) is 21.0 Å². The standard InChI is InChI=1S/C22H19N5S/c1-14(23)18(24)20-21-19(26-22(27-20)16-9-11-25-12-10-16)17(13-28-21)8-7-15-5-3-2-4-6-15/h2-6,9-14,18H,23-24H2,1H3. The van der Waals surface area contributed by atoms with Crippen LogP contribution in [0.4, 0.5) is 0 Å². The number of rotatable bonds is 3. The van der Waals surface area contributed by atoms with Gasteiger partial charge in [0.25, 0.3) is 0 Å². The minimum Gasteiger partial charge on any atom is -0.326 e. The lowest BCUT2D eigenvalue weighted by atomic mass is 10.1. The first-order chi connectivity index (χ1) is 13.6. The van der Waals surface area contributed by atoms with E-state index >= 15 is 0 Å².